The monoisotopic (exact) mass is 261 g/mol. The summed E-state index contributed by atoms with van der Waals surface area (Å²) in [7, 11) is 3.59. The molecule has 1 aromatic heterocycles. The molecule has 0 spiro atoms. The Hall–Kier alpha value is -1.95. The molecule has 0 radical (unpaired) electrons. The van der Waals surface area contributed by atoms with Crippen molar-refractivity contribution in [1.29, 1.82) is 0 Å². The van der Waals surface area contributed by atoms with Crippen molar-refractivity contribution >= 4 is 0 Å². The fourth-order valence-corrected chi connectivity index (χ4v) is 1.84. The Kier molecular flexibility index (Phi) is 4.85. The molecule has 19 heavy (non-hydrogen) atoms. The minimum absolute atomic E-state index is 0.734. The number of aryl methyl sites for hydroxylation is 2. The van der Waals surface area contributed by atoms with Crippen LogP contribution in [0.4, 0.5) is 0 Å². The number of rotatable bonds is 7. The molecule has 1 N–H and O–H groups in total. The zero-order chi connectivity index (χ0) is 13.5. The lowest BCUT2D eigenvalue weighted by Crippen LogP contribution is -2.16. The van der Waals surface area contributed by atoms with Crippen molar-refractivity contribution in [2.45, 2.75) is 19.4 Å². The lowest BCUT2D eigenvalue weighted by atomic mass is 10.1. The summed E-state index contributed by atoms with van der Waals surface area (Å²) in [6.07, 6.45) is 1.61. The van der Waals surface area contributed by atoms with Crippen molar-refractivity contribution in [3.8, 4) is 5.75 Å². The van der Waals surface area contributed by atoms with Crippen LogP contribution in [0.25, 0.3) is 0 Å². The SMILES string of the molecule is CNCCn1nnc(CCc2ccccc2OC)n1. The molecule has 0 unspecified atom stereocenters. The second-order valence-corrected chi connectivity index (χ2v) is 4.22. The summed E-state index contributed by atoms with van der Waals surface area (Å²) < 4.78 is 5.32. The number of likely N-dealkylation sites (N-methyl/N-ethyl adjacent to an activating group) is 1. The van der Waals surface area contributed by atoms with E-state index in [0.717, 1.165) is 43.1 Å². The molecular weight excluding hydrogens is 242 g/mol. The Labute approximate surface area is 112 Å². The van der Waals surface area contributed by atoms with Gasteiger partial charge in [-0.2, -0.15) is 4.80 Å². The smallest absolute Gasteiger partial charge is 0.175 e. The molecule has 0 saturated carbocycles. The van der Waals surface area contributed by atoms with Crippen LogP contribution in [0.15, 0.2) is 24.3 Å². The molecule has 0 saturated heterocycles. The Morgan fingerprint density at radius 1 is 1.26 bits per heavy atom. The summed E-state index contributed by atoms with van der Waals surface area (Å²) in [5.74, 6) is 1.67. The minimum atomic E-state index is 0.734. The average Bonchev–Trinajstić information content (AvgIpc) is 2.91. The fraction of sp³-hybridized carbons (Fsp3) is 0.462. The van der Waals surface area contributed by atoms with Crippen LogP contribution in [0.5, 0.6) is 5.75 Å². The Morgan fingerprint density at radius 3 is 2.89 bits per heavy atom. The molecule has 2 aromatic rings. The first-order valence-electron chi connectivity index (χ1n) is 6.36. The molecule has 0 aliphatic carbocycles. The maximum atomic E-state index is 5.32. The van der Waals surface area contributed by atoms with E-state index in [1.165, 1.54) is 0 Å². The molecule has 102 valence electrons. The van der Waals surface area contributed by atoms with E-state index in [-0.39, 0.29) is 0 Å². The van der Waals surface area contributed by atoms with Crippen LogP contribution >= 0.6 is 0 Å². The number of ether oxygens (including phenoxy) is 1. The van der Waals surface area contributed by atoms with Gasteiger partial charge >= 0.3 is 0 Å². The number of para-hydroxylation sites is 1. The summed E-state index contributed by atoms with van der Waals surface area (Å²) >= 11 is 0. The van der Waals surface area contributed by atoms with Crippen LogP contribution in [0.3, 0.4) is 0 Å². The largest absolute Gasteiger partial charge is 0.496 e. The molecule has 0 aliphatic heterocycles. The predicted octanol–water partition coefficient (Wildman–Crippen LogP) is 0.686. The van der Waals surface area contributed by atoms with Crippen LogP contribution in [0, 0.1) is 0 Å². The van der Waals surface area contributed by atoms with Gasteiger partial charge in [-0.05, 0) is 30.3 Å². The highest BCUT2D eigenvalue weighted by Crippen LogP contribution is 2.18. The maximum Gasteiger partial charge on any atom is 0.175 e. The number of aromatic nitrogens is 4. The quantitative estimate of drug-likeness (QED) is 0.794. The fourth-order valence-electron chi connectivity index (χ4n) is 1.84. The van der Waals surface area contributed by atoms with E-state index in [9.17, 15) is 0 Å². The van der Waals surface area contributed by atoms with Crippen molar-refractivity contribution in [2.24, 2.45) is 0 Å². The second kappa shape index (κ2) is 6.84. The van der Waals surface area contributed by atoms with Crippen molar-refractivity contribution in [2.75, 3.05) is 20.7 Å². The lowest BCUT2D eigenvalue weighted by Gasteiger charge is -2.06. The normalized spacial score (nSPS) is 10.6. The van der Waals surface area contributed by atoms with Gasteiger partial charge in [-0.1, -0.05) is 18.2 Å². The number of methoxy groups -OCH3 is 1. The average molecular weight is 261 g/mol. The van der Waals surface area contributed by atoms with Gasteiger partial charge in [-0.15, -0.1) is 10.2 Å². The van der Waals surface area contributed by atoms with E-state index < -0.39 is 0 Å². The lowest BCUT2D eigenvalue weighted by molar-refractivity contribution is 0.409. The number of hydrogen-bond acceptors (Lipinski definition) is 5. The van der Waals surface area contributed by atoms with Crippen LogP contribution in [-0.4, -0.2) is 40.9 Å². The van der Waals surface area contributed by atoms with E-state index in [1.807, 2.05) is 25.2 Å². The van der Waals surface area contributed by atoms with Gasteiger partial charge in [-0.25, -0.2) is 0 Å². The molecule has 1 aromatic carbocycles. The van der Waals surface area contributed by atoms with Crippen molar-refractivity contribution in [3.63, 3.8) is 0 Å². The number of benzene rings is 1. The van der Waals surface area contributed by atoms with Gasteiger partial charge in [0.1, 0.15) is 5.75 Å². The van der Waals surface area contributed by atoms with E-state index in [4.69, 9.17) is 4.74 Å². The van der Waals surface area contributed by atoms with E-state index in [0.29, 0.717) is 0 Å². The second-order valence-electron chi connectivity index (χ2n) is 4.22. The maximum absolute atomic E-state index is 5.32. The van der Waals surface area contributed by atoms with Gasteiger partial charge in [0.15, 0.2) is 5.82 Å². The van der Waals surface area contributed by atoms with E-state index in [2.05, 4.69) is 26.8 Å². The Morgan fingerprint density at radius 2 is 2.11 bits per heavy atom. The summed E-state index contributed by atoms with van der Waals surface area (Å²) in [5, 5.41) is 15.5. The van der Waals surface area contributed by atoms with Gasteiger partial charge in [0, 0.05) is 13.0 Å². The molecule has 0 amide bonds. The molecular formula is C13H19N5O. The third-order valence-corrected chi connectivity index (χ3v) is 2.87. The number of nitrogens with zero attached hydrogens (tertiary/aromatic N) is 4. The summed E-state index contributed by atoms with van der Waals surface area (Å²) in [4.78, 5) is 1.62. The molecule has 0 aliphatic rings. The highest BCUT2D eigenvalue weighted by Gasteiger charge is 2.06. The standard InChI is InChI=1S/C13H19N5O/c1-14-9-10-18-16-13(15-17-18)8-7-11-5-3-4-6-12(11)19-2/h3-6,14H,7-10H2,1-2H3. The minimum Gasteiger partial charge on any atom is -0.496 e. The third kappa shape index (κ3) is 3.75. The Balaban J connectivity index is 1.93. The molecule has 2 rings (SSSR count). The predicted molar refractivity (Wildman–Crippen MR) is 72.1 cm³/mol. The third-order valence-electron chi connectivity index (χ3n) is 2.87. The summed E-state index contributed by atoms with van der Waals surface area (Å²) in [5.41, 5.74) is 1.16. The van der Waals surface area contributed by atoms with Crippen LogP contribution in [0.1, 0.15) is 11.4 Å². The number of tetrazole rings is 1. The van der Waals surface area contributed by atoms with Crippen molar-refractivity contribution in [3.05, 3.63) is 35.7 Å². The van der Waals surface area contributed by atoms with Crippen LogP contribution in [0.2, 0.25) is 0 Å². The first-order chi connectivity index (χ1) is 9.33. The molecule has 6 heteroatoms. The number of hydrogen-bond donors (Lipinski definition) is 1. The first-order valence-corrected chi connectivity index (χ1v) is 6.36. The summed E-state index contributed by atoms with van der Waals surface area (Å²) in [6, 6.07) is 8.00. The number of nitrogens with one attached hydrogen (secondary N) is 1. The first kappa shape index (κ1) is 13.5. The van der Waals surface area contributed by atoms with E-state index in [1.54, 1.807) is 11.9 Å². The molecule has 0 bridgehead atoms. The van der Waals surface area contributed by atoms with Gasteiger partial charge < -0.3 is 10.1 Å². The highest BCUT2D eigenvalue weighted by atomic mass is 16.5. The van der Waals surface area contributed by atoms with Crippen LogP contribution in [-0.2, 0) is 19.4 Å². The van der Waals surface area contributed by atoms with Gasteiger partial charge in [-0.3, -0.25) is 0 Å². The van der Waals surface area contributed by atoms with Crippen molar-refractivity contribution in [1.82, 2.24) is 25.5 Å². The zero-order valence-corrected chi connectivity index (χ0v) is 11.3. The van der Waals surface area contributed by atoms with Gasteiger partial charge in [0.2, 0.25) is 0 Å². The van der Waals surface area contributed by atoms with E-state index >= 15 is 0 Å². The highest BCUT2D eigenvalue weighted by molar-refractivity contribution is 5.33. The van der Waals surface area contributed by atoms with Crippen molar-refractivity contribution < 1.29 is 4.74 Å². The molecule has 0 atom stereocenters. The van der Waals surface area contributed by atoms with Crippen LogP contribution < -0.4 is 10.1 Å². The molecule has 6 nitrogen and oxygen atoms in total. The molecule has 0 fully saturated rings. The Bertz CT molecular complexity index is 511. The topological polar surface area (TPSA) is 64.9 Å². The zero-order valence-electron chi connectivity index (χ0n) is 11.3. The van der Waals surface area contributed by atoms with Gasteiger partial charge in [0.25, 0.3) is 0 Å². The molecule has 1 heterocycles. The summed E-state index contributed by atoms with van der Waals surface area (Å²) in [6.45, 7) is 1.57. The van der Waals surface area contributed by atoms with Gasteiger partial charge in [0.05, 0.1) is 13.7 Å².